The number of nitrogens with one attached hydrogen (secondary N) is 2. The van der Waals surface area contributed by atoms with Crippen molar-refractivity contribution in [2.45, 2.75) is 31.7 Å². The molecule has 2 N–H and O–H groups in total. The number of carbonyl (C=O) groups excluding carboxylic acids is 1. The van der Waals surface area contributed by atoms with E-state index in [0.717, 1.165) is 32.5 Å². The van der Waals surface area contributed by atoms with Crippen molar-refractivity contribution in [3.8, 4) is 0 Å². The summed E-state index contributed by atoms with van der Waals surface area (Å²) in [5.74, 6) is 0.493. The molecule has 92 valence electrons. The van der Waals surface area contributed by atoms with Crippen molar-refractivity contribution in [3.63, 3.8) is 0 Å². The van der Waals surface area contributed by atoms with Crippen LogP contribution >= 0.6 is 0 Å². The topological polar surface area (TPSA) is 50.4 Å². The zero-order valence-corrected chi connectivity index (χ0v) is 10.00. The Morgan fingerprint density at radius 3 is 2.62 bits per heavy atom. The first-order valence-electron chi connectivity index (χ1n) is 6.33. The van der Waals surface area contributed by atoms with Gasteiger partial charge in [0.2, 0.25) is 0 Å². The number of rotatable bonds is 5. The molecular formula is C12H22N2O2. The number of hydrogen-bond donors (Lipinski definition) is 2. The molecule has 0 spiro atoms. The van der Waals surface area contributed by atoms with E-state index >= 15 is 0 Å². The molecule has 0 bridgehead atoms. The first kappa shape index (κ1) is 11.9. The maximum atomic E-state index is 11.8. The van der Waals surface area contributed by atoms with Gasteiger partial charge in [-0.15, -0.1) is 0 Å². The summed E-state index contributed by atoms with van der Waals surface area (Å²) in [5, 5.41) is 6.78. The molecule has 1 aliphatic carbocycles. The Morgan fingerprint density at radius 1 is 1.38 bits per heavy atom. The van der Waals surface area contributed by atoms with Crippen LogP contribution in [0.2, 0.25) is 0 Å². The van der Waals surface area contributed by atoms with Gasteiger partial charge in [0.1, 0.15) is 0 Å². The number of hydrogen-bond acceptors (Lipinski definition) is 4. The van der Waals surface area contributed by atoms with Gasteiger partial charge in [0, 0.05) is 12.6 Å². The molecule has 2 fully saturated rings. The van der Waals surface area contributed by atoms with Gasteiger partial charge in [0.05, 0.1) is 13.0 Å². The Morgan fingerprint density at radius 2 is 2.06 bits per heavy atom. The second-order valence-electron chi connectivity index (χ2n) is 4.90. The van der Waals surface area contributed by atoms with Crippen molar-refractivity contribution in [1.82, 2.24) is 10.6 Å². The largest absolute Gasteiger partial charge is 0.469 e. The molecule has 0 radical (unpaired) electrons. The molecule has 1 atom stereocenters. The third-order valence-electron chi connectivity index (χ3n) is 3.66. The van der Waals surface area contributed by atoms with Crippen molar-refractivity contribution in [2.24, 2.45) is 11.8 Å². The van der Waals surface area contributed by atoms with Crippen LogP contribution in [0.3, 0.4) is 0 Å². The molecule has 1 saturated carbocycles. The summed E-state index contributed by atoms with van der Waals surface area (Å²) in [5.41, 5.74) is 0. The van der Waals surface area contributed by atoms with Crippen molar-refractivity contribution in [2.75, 3.05) is 26.7 Å². The highest BCUT2D eigenvalue weighted by Gasteiger charge is 2.32. The molecule has 4 nitrogen and oxygen atoms in total. The van der Waals surface area contributed by atoms with E-state index in [-0.39, 0.29) is 11.9 Å². The fourth-order valence-electron chi connectivity index (χ4n) is 2.42. The molecule has 0 amide bonds. The van der Waals surface area contributed by atoms with Crippen LogP contribution in [0.15, 0.2) is 0 Å². The van der Waals surface area contributed by atoms with E-state index in [0.29, 0.717) is 12.0 Å². The molecule has 4 heteroatoms. The van der Waals surface area contributed by atoms with E-state index in [9.17, 15) is 4.79 Å². The summed E-state index contributed by atoms with van der Waals surface area (Å²) in [7, 11) is 1.49. The van der Waals surface area contributed by atoms with Gasteiger partial charge < -0.3 is 15.4 Å². The Kier molecular flexibility index (Phi) is 4.18. The van der Waals surface area contributed by atoms with E-state index in [1.807, 2.05) is 0 Å². The monoisotopic (exact) mass is 226 g/mol. The molecule has 0 aromatic carbocycles. The summed E-state index contributed by atoms with van der Waals surface area (Å²) in [6, 6.07) is 0.661. The molecule has 1 aliphatic heterocycles. The summed E-state index contributed by atoms with van der Waals surface area (Å²) in [6.45, 7) is 2.85. The molecule has 2 rings (SSSR count). The van der Waals surface area contributed by atoms with Crippen LogP contribution in [0.25, 0.3) is 0 Å². The van der Waals surface area contributed by atoms with Crippen LogP contribution in [0.4, 0.5) is 0 Å². The third-order valence-corrected chi connectivity index (χ3v) is 3.66. The van der Waals surface area contributed by atoms with Gasteiger partial charge in [0.15, 0.2) is 0 Å². The zero-order valence-electron chi connectivity index (χ0n) is 10.00. The van der Waals surface area contributed by atoms with E-state index in [1.54, 1.807) is 0 Å². The quantitative estimate of drug-likeness (QED) is 0.671. The van der Waals surface area contributed by atoms with E-state index < -0.39 is 0 Å². The standard InChI is InChI=1S/C12H22N2O2/c1-16-12(15)11(8-14-10-2-3-10)9-4-6-13-7-5-9/h9-11,13-14H,2-8H2,1H3. The predicted molar refractivity (Wildman–Crippen MR) is 62.1 cm³/mol. The van der Waals surface area contributed by atoms with Crippen LogP contribution < -0.4 is 10.6 Å². The minimum absolute atomic E-state index is 0.0416. The number of esters is 1. The summed E-state index contributed by atoms with van der Waals surface area (Å²) < 4.78 is 4.92. The fourth-order valence-corrected chi connectivity index (χ4v) is 2.42. The number of piperidine rings is 1. The zero-order chi connectivity index (χ0) is 11.4. The lowest BCUT2D eigenvalue weighted by Gasteiger charge is -2.29. The Balaban J connectivity index is 1.85. The molecule has 0 aromatic heterocycles. The van der Waals surface area contributed by atoms with Gasteiger partial charge in [0.25, 0.3) is 0 Å². The minimum Gasteiger partial charge on any atom is -0.469 e. The maximum absolute atomic E-state index is 11.8. The Bertz CT molecular complexity index is 235. The number of ether oxygens (including phenoxy) is 1. The average molecular weight is 226 g/mol. The van der Waals surface area contributed by atoms with Gasteiger partial charge >= 0.3 is 5.97 Å². The second kappa shape index (κ2) is 5.64. The molecular weight excluding hydrogens is 204 g/mol. The third kappa shape index (κ3) is 3.19. The van der Waals surface area contributed by atoms with Crippen molar-refractivity contribution in [1.29, 1.82) is 0 Å². The smallest absolute Gasteiger partial charge is 0.310 e. The summed E-state index contributed by atoms with van der Waals surface area (Å²) in [4.78, 5) is 11.8. The number of carbonyl (C=O) groups is 1. The van der Waals surface area contributed by atoms with Crippen LogP contribution in [0.1, 0.15) is 25.7 Å². The van der Waals surface area contributed by atoms with Crippen molar-refractivity contribution < 1.29 is 9.53 Å². The normalized spacial score (nSPS) is 24.1. The molecule has 16 heavy (non-hydrogen) atoms. The Labute approximate surface area is 97.1 Å². The second-order valence-corrected chi connectivity index (χ2v) is 4.90. The highest BCUT2D eigenvalue weighted by molar-refractivity contribution is 5.73. The lowest BCUT2D eigenvalue weighted by atomic mass is 9.84. The number of methoxy groups -OCH3 is 1. The van der Waals surface area contributed by atoms with E-state index in [1.165, 1.54) is 20.0 Å². The lowest BCUT2D eigenvalue weighted by Crippen LogP contribution is -2.40. The highest BCUT2D eigenvalue weighted by atomic mass is 16.5. The van der Waals surface area contributed by atoms with E-state index in [4.69, 9.17) is 4.74 Å². The van der Waals surface area contributed by atoms with Crippen molar-refractivity contribution >= 4 is 5.97 Å². The molecule has 1 saturated heterocycles. The lowest BCUT2D eigenvalue weighted by molar-refractivity contribution is -0.147. The summed E-state index contributed by atoms with van der Waals surface area (Å²) >= 11 is 0. The molecule has 1 heterocycles. The van der Waals surface area contributed by atoms with Crippen LogP contribution in [-0.4, -0.2) is 38.8 Å². The van der Waals surface area contributed by atoms with Crippen LogP contribution in [0, 0.1) is 11.8 Å². The van der Waals surface area contributed by atoms with Crippen LogP contribution in [0.5, 0.6) is 0 Å². The minimum atomic E-state index is -0.0416. The van der Waals surface area contributed by atoms with Gasteiger partial charge in [-0.05, 0) is 44.7 Å². The van der Waals surface area contributed by atoms with Gasteiger partial charge in [-0.2, -0.15) is 0 Å². The highest BCUT2D eigenvalue weighted by Crippen LogP contribution is 2.25. The summed E-state index contributed by atoms with van der Waals surface area (Å²) in [6.07, 6.45) is 4.71. The Hall–Kier alpha value is -0.610. The molecule has 0 aromatic rings. The van der Waals surface area contributed by atoms with Crippen LogP contribution in [-0.2, 0) is 9.53 Å². The first-order chi connectivity index (χ1) is 7.81. The SMILES string of the molecule is COC(=O)C(CNC1CC1)C1CCNCC1. The van der Waals surface area contributed by atoms with Gasteiger partial charge in [-0.3, -0.25) is 4.79 Å². The van der Waals surface area contributed by atoms with Gasteiger partial charge in [-0.25, -0.2) is 0 Å². The maximum Gasteiger partial charge on any atom is 0.310 e. The first-order valence-corrected chi connectivity index (χ1v) is 6.33. The van der Waals surface area contributed by atoms with Gasteiger partial charge in [-0.1, -0.05) is 0 Å². The van der Waals surface area contributed by atoms with Crippen molar-refractivity contribution in [3.05, 3.63) is 0 Å². The molecule has 1 unspecified atom stereocenters. The molecule has 2 aliphatic rings. The van der Waals surface area contributed by atoms with E-state index in [2.05, 4.69) is 10.6 Å². The fraction of sp³-hybridized carbons (Fsp3) is 0.917. The average Bonchev–Trinajstić information content (AvgIpc) is 3.14. The predicted octanol–water partition coefficient (Wildman–Crippen LogP) is 0.527.